The minimum atomic E-state index is -0.954. The van der Waals surface area contributed by atoms with Crippen LogP contribution in [0.5, 0.6) is 0 Å². The van der Waals surface area contributed by atoms with Gasteiger partial charge in [-0.25, -0.2) is 9.40 Å². The smallest absolute Gasteiger partial charge is 0.303 e. The summed E-state index contributed by atoms with van der Waals surface area (Å²) in [6, 6.07) is 5.57. The number of anilines is 1. The second kappa shape index (κ2) is 5.17. The Hall–Kier alpha value is -2.24. The molecular formula is C13H13FN2O3. The topological polar surface area (TPSA) is 70.0 Å². The first-order chi connectivity index (χ1) is 8.99. The maximum atomic E-state index is 13.1. The molecule has 1 amide bonds. The van der Waals surface area contributed by atoms with Crippen molar-refractivity contribution >= 4 is 23.3 Å². The van der Waals surface area contributed by atoms with E-state index in [-0.39, 0.29) is 18.7 Å². The summed E-state index contributed by atoms with van der Waals surface area (Å²) in [4.78, 5) is 22.7. The van der Waals surface area contributed by atoms with Crippen molar-refractivity contribution in [3.63, 3.8) is 0 Å². The van der Waals surface area contributed by atoms with Gasteiger partial charge in [0, 0.05) is 12.1 Å². The second-order valence-electron chi connectivity index (χ2n) is 4.36. The largest absolute Gasteiger partial charge is 0.481 e. The summed E-state index contributed by atoms with van der Waals surface area (Å²) < 4.78 is 13.1. The predicted molar refractivity (Wildman–Crippen MR) is 67.4 cm³/mol. The Morgan fingerprint density at radius 1 is 1.53 bits per heavy atom. The third-order valence-electron chi connectivity index (χ3n) is 2.97. The van der Waals surface area contributed by atoms with E-state index in [4.69, 9.17) is 5.11 Å². The van der Waals surface area contributed by atoms with Crippen LogP contribution in [0.25, 0.3) is 0 Å². The number of benzene rings is 1. The van der Waals surface area contributed by atoms with E-state index in [0.717, 1.165) is 5.01 Å². The molecule has 0 bridgehead atoms. The molecule has 1 aromatic carbocycles. The molecule has 0 saturated carbocycles. The molecule has 0 radical (unpaired) electrons. The number of rotatable bonds is 4. The van der Waals surface area contributed by atoms with E-state index >= 15 is 0 Å². The Morgan fingerprint density at radius 3 is 2.89 bits per heavy atom. The van der Waals surface area contributed by atoms with Gasteiger partial charge in [0.15, 0.2) is 0 Å². The van der Waals surface area contributed by atoms with Crippen LogP contribution in [0, 0.1) is 11.7 Å². The number of halogens is 1. The Balaban J connectivity index is 2.18. The normalized spacial score (nSPS) is 18.6. The molecule has 1 atom stereocenters. The third kappa shape index (κ3) is 2.78. The fourth-order valence-electron chi connectivity index (χ4n) is 2.00. The molecule has 1 aliphatic heterocycles. The van der Waals surface area contributed by atoms with Gasteiger partial charge in [0.05, 0.1) is 11.6 Å². The van der Waals surface area contributed by atoms with E-state index in [2.05, 4.69) is 5.10 Å². The number of carbonyl (C=O) groups excluding carboxylic acids is 1. The first kappa shape index (κ1) is 13.2. The SMILES string of the molecule is CC1=NN(c2cccc(F)c2)C(=O)C1CCC(=O)O. The zero-order chi connectivity index (χ0) is 14.0. The van der Waals surface area contributed by atoms with Crippen molar-refractivity contribution in [2.45, 2.75) is 19.8 Å². The third-order valence-corrected chi connectivity index (χ3v) is 2.97. The monoisotopic (exact) mass is 264 g/mol. The van der Waals surface area contributed by atoms with Crippen LogP contribution < -0.4 is 5.01 Å². The number of carbonyl (C=O) groups is 2. The Kier molecular flexibility index (Phi) is 3.59. The molecule has 0 saturated heterocycles. The molecule has 0 spiro atoms. The number of carboxylic acids is 1. The summed E-state index contributed by atoms with van der Waals surface area (Å²) in [6.07, 6.45) is 0.107. The van der Waals surface area contributed by atoms with Crippen molar-refractivity contribution < 1.29 is 19.1 Å². The second-order valence-corrected chi connectivity index (χ2v) is 4.36. The zero-order valence-corrected chi connectivity index (χ0v) is 10.3. The number of carboxylic acid groups (broad SMARTS) is 1. The average molecular weight is 264 g/mol. The molecule has 5 nitrogen and oxygen atoms in total. The fraction of sp³-hybridized carbons (Fsp3) is 0.308. The maximum Gasteiger partial charge on any atom is 0.303 e. The summed E-state index contributed by atoms with van der Waals surface area (Å²) >= 11 is 0. The minimum absolute atomic E-state index is 0.0970. The highest BCUT2D eigenvalue weighted by atomic mass is 19.1. The van der Waals surface area contributed by atoms with Crippen LogP contribution in [0.3, 0.4) is 0 Å². The number of hydrogen-bond acceptors (Lipinski definition) is 3. The summed E-state index contributed by atoms with van der Waals surface area (Å²) in [5.41, 5.74) is 0.901. The molecule has 2 rings (SSSR count). The maximum absolute atomic E-state index is 13.1. The van der Waals surface area contributed by atoms with Gasteiger partial charge in [-0.2, -0.15) is 5.10 Å². The van der Waals surface area contributed by atoms with E-state index in [0.29, 0.717) is 11.4 Å². The van der Waals surface area contributed by atoms with Crippen LogP contribution in [-0.4, -0.2) is 22.7 Å². The quantitative estimate of drug-likeness (QED) is 0.904. The van der Waals surface area contributed by atoms with E-state index in [1.165, 1.54) is 18.2 Å². The van der Waals surface area contributed by atoms with Gasteiger partial charge in [0.2, 0.25) is 0 Å². The van der Waals surface area contributed by atoms with Gasteiger partial charge in [-0.1, -0.05) is 6.07 Å². The van der Waals surface area contributed by atoms with Crippen molar-refractivity contribution in [2.75, 3.05) is 5.01 Å². The van der Waals surface area contributed by atoms with Gasteiger partial charge >= 0.3 is 5.97 Å². The lowest BCUT2D eigenvalue weighted by molar-refractivity contribution is -0.137. The van der Waals surface area contributed by atoms with Gasteiger partial charge in [-0.15, -0.1) is 0 Å². The molecule has 1 aliphatic rings. The summed E-state index contributed by atoms with van der Waals surface area (Å²) in [7, 11) is 0. The van der Waals surface area contributed by atoms with E-state index in [1.807, 2.05) is 0 Å². The number of nitrogens with zero attached hydrogens (tertiary/aromatic N) is 2. The van der Waals surface area contributed by atoms with Gasteiger partial charge < -0.3 is 5.11 Å². The summed E-state index contributed by atoms with van der Waals surface area (Å²) in [5.74, 6) is -2.26. The Labute approximate surface area is 109 Å². The molecular weight excluding hydrogens is 251 g/mol. The highest BCUT2D eigenvalue weighted by molar-refractivity contribution is 6.14. The molecule has 19 heavy (non-hydrogen) atoms. The summed E-state index contributed by atoms with van der Waals surface area (Å²) in [5, 5.41) is 13.9. The highest BCUT2D eigenvalue weighted by Crippen LogP contribution is 2.26. The van der Waals surface area contributed by atoms with Gasteiger partial charge in [-0.05, 0) is 31.5 Å². The minimum Gasteiger partial charge on any atom is -0.481 e. The van der Waals surface area contributed by atoms with Crippen LogP contribution in [0.15, 0.2) is 29.4 Å². The molecule has 0 aliphatic carbocycles. The van der Waals surface area contributed by atoms with Crippen LogP contribution in [0.2, 0.25) is 0 Å². The van der Waals surface area contributed by atoms with Gasteiger partial charge in [-0.3, -0.25) is 9.59 Å². The number of hydrogen-bond donors (Lipinski definition) is 1. The average Bonchev–Trinajstić information content (AvgIpc) is 2.62. The first-order valence-electron chi connectivity index (χ1n) is 5.85. The highest BCUT2D eigenvalue weighted by Gasteiger charge is 2.34. The van der Waals surface area contributed by atoms with Crippen LogP contribution in [0.4, 0.5) is 10.1 Å². The first-order valence-corrected chi connectivity index (χ1v) is 5.85. The van der Waals surface area contributed by atoms with Crippen molar-refractivity contribution in [1.29, 1.82) is 0 Å². The van der Waals surface area contributed by atoms with E-state index in [9.17, 15) is 14.0 Å². The Bertz CT molecular complexity index is 557. The molecule has 1 aromatic rings. The molecule has 0 fully saturated rings. The fourth-order valence-corrected chi connectivity index (χ4v) is 2.00. The zero-order valence-electron chi connectivity index (χ0n) is 10.3. The molecule has 100 valence electrons. The van der Waals surface area contributed by atoms with E-state index in [1.54, 1.807) is 13.0 Å². The number of aliphatic carboxylic acids is 1. The van der Waals surface area contributed by atoms with Gasteiger partial charge in [0.25, 0.3) is 5.91 Å². The van der Waals surface area contributed by atoms with Crippen LogP contribution in [0.1, 0.15) is 19.8 Å². The molecule has 1 heterocycles. The molecule has 6 heteroatoms. The van der Waals surface area contributed by atoms with Crippen LogP contribution in [-0.2, 0) is 9.59 Å². The lowest BCUT2D eigenvalue weighted by atomic mass is 9.98. The molecule has 1 N–H and O–H groups in total. The molecule has 0 aromatic heterocycles. The number of hydrazone groups is 1. The standard InChI is InChI=1S/C13H13FN2O3/c1-8-11(5-6-12(17)18)13(19)16(15-8)10-4-2-3-9(14)7-10/h2-4,7,11H,5-6H2,1H3,(H,17,18). The molecule has 1 unspecified atom stereocenters. The van der Waals surface area contributed by atoms with Gasteiger partial charge in [0.1, 0.15) is 5.82 Å². The van der Waals surface area contributed by atoms with Crippen LogP contribution >= 0.6 is 0 Å². The lowest BCUT2D eigenvalue weighted by Gasteiger charge is -2.13. The van der Waals surface area contributed by atoms with Crippen molar-refractivity contribution in [2.24, 2.45) is 11.0 Å². The van der Waals surface area contributed by atoms with E-state index < -0.39 is 17.7 Å². The predicted octanol–water partition coefficient (Wildman–Crippen LogP) is 2.03. The summed E-state index contributed by atoms with van der Waals surface area (Å²) in [6.45, 7) is 1.67. The lowest BCUT2D eigenvalue weighted by Crippen LogP contribution is -2.27. The van der Waals surface area contributed by atoms with Crippen molar-refractivity contribution in [1.82, 2.24) is 0 Å². The Morgan fingerprint density at radius 2 is 2.26 bits per heavy atom. The van der Waals surface area contributed by atoms with Crippen molar-refractivity contribution in [3.05, 3.63) is 30.1 Å². The van der Waals surface area contributed by atoms with Crippen molar-refractivity contribution in [3.8, 4) is 0 Å². The number of amides is 1.